The third-order valence-corrected chi connectivity index (χ3v) is 8.38. The number of nitro groups is 1. The molecule has 0 amide bonds. The Balaban J connectivity index is 1.54. The van der Waals surface area contributed by atoms with Gasteiger partial charge < -0.3 is 9.47 Å². The summed E-state index contributed by atoms with van der Waals surface area (Å²) >= 11 is 1.30. The van der Waals surface area contributed by atoms with Crippen molar-refractivity contribution in [3.8, 4) is 11.5 Å². The van der Waals surface area contributed by atoms with E-state index >= 15 is 0 Å². The number of hydrogen-bond donors (Lipinski definition) is 0. The molecule has 4 aromatic rings. The van der Waals surface area contributed by atoms with Gasteiger partial charge >= 0.3 is 0 Å². The van der Waals surface area contributed by atoms with Crippen molar-refractivity contribution in [1.82, 2.24) is 4.57 Å². The number of non-ortho nitro benzene ring substituents is 1. The quantitative estimate of drug-likeness (QED) is 0.230. The van der Waals surface area contributed by atoms with E-state index in [0.29, 0.717) is 14.9 Å². The summed E-state index contributed by atoms with van der Waals surface area (Å²) in [4.78, 5) is 30.5. The zero-order valence-electron chi connectivity index (χ0n) is 22.6. The van der Waals surface area contributed by atoms with E-state index in [1.165, 1.54) is 23.5 Å². The van der Waals surface area contributed by atoms with Crippen LogP contribution in [0.15, 0.2) is 99.4 Å². The minimum absolute atomic E-state index is 0.0218. The highest BCUT2D eigenvalue weighted by Crippen LogP contribution is 2.41. The molecule has 1 aliphatic carbocycles. The van der Waals surface area contributed by atoms with Gasteiger partial charge in [0, 0.05) is 12.1 Å². The molecule has 9 heteroatoms. The smallest absolute Gasteiger partial charge is 0.271 e. The monoisotopic (exact) mass is 565 g/mol. The highest BCUT2D eigenvalue weighted by Gasteiger charge is 2.32. The van der Waals surface area contributed by atoms with Crippen LogP contribution in [0.3, 0.4) is 0 Å². The van der Waals surface area contributed by atoms with Gasteiger partial charge in [-0.1, -0.05) is 47.7 Å². The fourth-order valence-electron chi connectivity index (χ4n) is 5.42. The molecule has 0 N–H and O–H groups in total. The predicted molar refractivity (Wildman–Crippen MR) is 159 cm³/mol. The van der Waals surface area contributed by atoms with Crippen molar-refractivity contribution in [2.75, 3.05) is 14.2 Å². The number of ether oxygens (including phenoxy) is 2. The van der Waals surface area contributed by atoms with Crippen LogP contribution in [0, 0.1) is 10.1 Å². The summed E-state index contributed by atoms with van der Waals surface area (Å²) < 4.78 is 12.9. The summed E-state index contributed by atoms with van der Waals surface area (Å²) in [6, 6.07) is 21.7. The van der Waals surface area contributed by atoms with Gasteiger partial charge in [-0.25, -0.2) is 4.99 Å². The van der Waals surface area contributed by atoms with Crippen molar-refractivity contribution in [3.05, 3.63) is 136 Å². The van der Waals surface area contributed by atoms with Crippen molar-refractivity contribution in [3.63, 3.8) is 0 Å². The second kappa shape index (κ2) is 11.0. The highest BCUT2D eigenvalue weighted by molar-refractivity contribution is 7.07. The Morgan fingerprint density at radius 2 is 1.66 bits per heavy atom. The van der Waals surface area contributed by atoms with E-state index in [2.05, 4.69) is 6.08 Å². The van der Waals surface area contributed by atoms with Crippen molar-refractivity contribution >= 4 is 29.2 Å². The fourth-order valence-corrected chi connectivity index (χ4v) is 6.42. The Labute approximate surface area is 240 Å². The second-order valence-electron chi connectivity index (χ2n) is 9.88. The molecule has 0 radical (unpaired) electrons. The number of methoxy groups -OCH3 is 2. The number of fused-ring (bicyclic) bond motifs is 1. The molecular formula is C32H27N3O5S. The number of nitro benzene ring substituents is 1. The zero-order valence-corrected chi connectivity index (χ0v) is 23.4. The van der Waals surface area contributed by atoms with Crippen LogP contribution in [-0.2, 0) is 0 Å². The van der Waals surface area contributed by atoms with Crippen molar-refractivity contribution in [2.24, 2.45) is 4.99 Å². The van der Waals surface area contributed by atoms with Gasteiger partial charge in [-0.2, -0.15) is 0 Å². The van der Waals surface area contributed by atoms with Gasteiger partial charge in [0.15, 0.2) is 4.80 Å². The molecule has 1 aromatic heterocycles. The maximum Gasteiger partial charge on any atom is 0.271 e. The Morgan fingerprint density at radius 3 is 2.34 bits per heavy atom. The van der Waals surface area contributed by atoms with Crippen LogP contribution in [0.25, 0.3) is 12.2 Å². The molecule has 0 fully saturated rings. The number of thiazole rings is 1. The third kappa shape index (κ3) is 5.12. The average Bonchev–Trinajstić information content (AvgIpc) is 3.31. The lowest BCUT2D eigenvalue weighted by Gasteiger charge is -2.31. The van der Waals surface area contributed by atoms with Gasteiger partial charge in [-0.15, -0.1) is 0 Å². The van der Waals surface area contributed by atoms with Crippen LogP contribution in [0.5, 0.6) is 11.5 Å². The summed E-state index contributed by atoms with van der Waals surface area (Å²) in [7, 11) is 3.28. The highest BCUT2D eigenvalue weighted by atomic mass is 32.1. The Morgan fingerprint density at radius 1 is 0.951 bits per heavy atom. The van der Waals surface area contributed by atoms with Crippen LogP contribution in [0.4, 0.5) is 5.69 Å². The first-order chi connectivity index (χ1) is 19.9. The first kappa shape index (κ1) is 26.5. The van der Waals surface area contributed by atoms with Gasteiger partial charge in [0.2, 0.25) is 0 Å². The third-order valence-electron chi connectivity index (χ3n) is 7.40. The molecule has 0 bridgehead atoms. The largest absolute Gasteiger partial charge is 0.497 e. The number of rotatable bonds is 6. The van der Waals surface area contributed by atoms with Crippen LogP contribution in [0.2, 0.25) is 0 Å². The first-order valence-corrected chi connectivity index (χ1v) is 14.0. The van der Waals surface area contributed by atoms with Crippen molar-refractivity contribution < 1.29 is 14.4 Å². The maximum absolute atomic E-state index is 13.9. The molecule has 206 valence electrons. The molecule has 6 rings (SSSR count). The Hall–Kier alpha value is -4.76. The maximum atomic E-state index is 13.9. The number of nitrogens with zero attached hydrogens (tertiary/aromatic N) is 3. The van der Waals surface area contributed by atoms with E-state index < -0.39 is 4.92 Å². The molecule has 3 aromatic carbocycles. The van der Waals surface area contributed by atoms with E-state index in [1.54, 1.807) is 37.0 Å². The van der Waals surface area contributed by atoms with Crippen LogP contribution in [-0.4, -0.2) is 23.7 Å². The second-order valence-corrected chi connectivity index (χ2v) is 10.9. The van der Waals surface area contributed by atoms with Gasteiger partial charge in [0.25, 0.3) is 11.2 Å². The number of aromatic nitrogens is 1. The van der Waals surface area contributed by atoms with Crippen molar-refractivity contribution in [1.29, 1.82) is 0 Å². The standard InChI is InChI=1S/C32H27N3O5S/c1-39-25-13-9-20(10-14-25)17-23-6-4-8-27-29(23)33-32-34(30(27)22-11-15-26(40-2)16-12-22)31(36)28(41-32)19-21-5-3-7-24(18-21)35(37)38/h3,5,7,9-19,30H,4,6,8H2,1-2H3/b23-17+,28-19-. The minimum atomic E-state index is -0.437. The summed E-state index contributed by atoms with van der Waals surface area (Å²) in [5, 5.41) is 11.3. The summed E-state index contributed by atoms with van der Waals surface area (Å²) in [5.41, 5.74) is 5.60. The molecule has 2 heterocycles. The lowest BCUT2D eigenvalue weighted by atomic mass is 9.84. The van der Waals surface area contributed by atoms with Gasteiger partial charge in [-0.05, 0) is 83.5 Å². The van der Waals surface area contributed by atoms with E-state index in [0.717, 1.165) is 58.7 Å². The van der Waals surface area contributed by atoms with Crippen LogP contribution >= 0.6 is 11.3 Å². The average molecular weight is 566 g/mol. The molecular weight excluding hydrogens is 538 g/mol. The van der Waals surface area contributed by atoms with Gasteiger partial charge in [0.05, 0.1) is 35.4 Å². The van der Waals surface area contributed by atoms with E-state index in [-0.39, 0.29) is 17.3 Å². The van der Waals surface area contributed by atoms with Crippen molar-refractivity contribution in [2.45, 2.75) is 25.3 Å². The normalized spacial score (nSPS) is 17.6. The molecule has 0 saturated heterocycles. The molecule has 1 aliphatic heterocycles. The Kier molecular flexibility index (Phi) is 7.11. The molecule has 0 spiro atoms. The minimum Gasteiger partial charge on any atom is -0.497 e. The lowest BCUT2D eigenvalue weighted by Crippen LogP contribution is -2.39. The first-order valence-electron chi connectivity index (χ1n) is 13.2. The predicted octanol–water partition coefficient (Wildman–Crippen LogP) is 5.41. The van der Waals surface area contributed by atoms with E-state index in [4.69, 9.17) is 14.5 Å². The SMILES string of the molecule is COc1ccc(/C=C2\CCCC3=C2N=c2s/c(=C\c4cccc([N+](=O)[O-])c4)c(=O)n2C3c2ccc(OC)cc2)cc1. The lowest BCUT2D eigenvalue weighted by molar-refractivity contribution is -0.384. The summed E-state index contributed by atoms with van der Waals surface area (Å²) in [6.07, 6.45) is 6.52. The topological polar surface area (TPSA) is 96.0 Å². The molecule has 0 saturated carbocycles. The molecule has 2 aliphatic rings. The van der Waals surface area contributed by atoms with Gasteiger partial charge in [-0.3, -0.25) is 19.5 Å². The van der Waals surface area contributed by atoms with E-state index in [9.17, 15) is 14.9 Å². The molecule has 1 unspecified atom stereocenters. The Bertz CT molecular complexity index is 1880. The number of hydrogen-bond acceptors (Lipinski definition) is 7. The van der Waals surface area contributed by atoms with Gasteiger partial charge in [0.1, 0.15) is 11.5 Å². The fraction of sp³-hybridized carbons (Fsp3) is 0.188. The molecule has 1 atom stereocenters. The summed E-state index contributed by atoms with van der Waals surface area (Å²) in [5.74, 6) is 1.54. The number of allylic oxidation sites excluding steroid dienone is 2. The number of benzene rings is 3. The molecule has 41 heavy (non-hydrogen) atoms. The van der Waals surface area contributed by atoms with Crippen LogP contribution in [0.1, 0.15) is 42.0 Å². The zero-order chi connectivity index (χ0) is 28.5. The van der Waals surface area contributed by atoms with Crippen LogP contribution < -0.4 is 24.4 Å². The summed E-state index contributed by atoms with van der Waals surface area (Å²) in [6.45, 7) is 0. The molecule has 8 nitrogen and oxygen atoms in total. The van der Waals surface area contributed by atoms with E-state index in [1.807, 2.05) is 48.5 Å².